The standard InChI is InChI=1S/C13H7Cl4NO2/c14-6-1-2-7(9(15)3-6)13-12(17)8(4-11(19)20)10(16)5-18-13/h1-3,5H,4H2,(H,19,20). The van der Waals surface area contributed by atoms with Crippen molar-refractivity contribution in [2.75, 3.05) is 0 Å². The summed E-state index contributed by atoms with van der Waals surface area (Å²) in [6, 6.07) is 4.87. The van der Waals surface area contributed by atoms with Crippen molar-refractivity contribution >= 4 is 52.4 Å². The van der Waals surface area contributed by atoms with Crippen LogP contribution in [0, 0.1) is 0 Å². The van der Waals surface area contributed by atoms with E-state index in [9.17, 15) is 4.79 Å². The minimum atomic E-state index is -1.03. The number of aliphatic carboxylic acids is 1. The Morgan fingerprint density at radius 1 is 1.15 bits per heavy atom. The van der Waals surface area contributed by atoms with Crippen molar-refractivity contribution in [2.45, 2.75) is 6.42 Å². The van der Waals surface area contributed by atoms with Gasteiger partial charge in [0.05, 0.1) is 27.2 Å². The molecule has 20 heavy (non-hydrogen) atoms. The van der Waals surface area contributed by atoms with Crippen LogP contribution in [0.3, 0.4) is 0 Å². The lowest BCUT2D eigenvalue weighted by atomic mass is 10.1. The number of nitrogens with zero attached hydrogens (tertiary/aromatic N) is 1. The van der Waals surface area contributed by atoms with E-state index in [2.05, 4.69) is 4.98 Å². The van der Waals surface area contributed by atoms with Crippen LogP contribution in [0.5, 0.6) is 0 Å². The number of carbonyl (C=O) groups is 1. The Balaban J connectivity index is 2.60. The Bertz CT molecular complexity index is 688. The molecule has 0 saturated heterocycles. The van der Waals surface area contributed by atoms with Gasteiger partial charge < -0.3 is 5.11 Å². The predicted molar refractivity (Wildman–Crippen MR) is 81.1 cm³/mol. The molecule has 0 fully saturated rings. The number of hydrogen-bond acceptors (Lipinski definition) is 2. The maximum absolute atomic E-state index is 10.9. The number of hydrogen-bond donors (Lipinski definition) is 1. The lowest BCUT2D eigenvalue weighted by Crippen LogP contribution is -2.03. The molecule has 2 rings (SSSR count). The van der Waals surface area contributed by atoms with Crippen LogP contribution >= 0.6 is 46.4 Å². The molecular weight excluding hydrogens is 344 g/mol. The van der Waals surface area contributed by atoms with Gasteiger partial charge in [0.25, 0.3) is 0 Å². The number of halogens is 4. The Labute approximate surface area is 135 Å². The van der Waals surface area contributed by atoms with E-state index in [1.54, 1.807) is 18.2 Å². The van der Waals surface area contributed by atoms with Gasteiger partial charge in [-0.2, -0.15) is 0 Å². The number of aromatic nitrogens is 1. The summed E-state index contributed by atoms with van der Waals surface area (Å²) >= 11 is 24.1. The third-order valence-corrected chi connectivity index (χ3v) is 3.86. The highest BCUT2D eigenvalue weighted by Gasteiger charge is 2.17. The quantitative estimate of drug-likeness (QED) is 0.848. The van der Waals surface area contributed by atoms with Gasteiger partial charge in [0.2, 0.25) is 0 Å². The highest BCUT2D eigenvalue weighted by Crippen LogP contribution is 2.37. The first-order chi connectivity index (χ1) is 9.40. The fourth-order valence-electron chi connectivity index (χ4n) is 1.69. The third-order valence-electron chi connectivity index (χ3n) is 2.58. The molecule has 0 bridgehead atoms. The van der Waals surface area contributed by atoms with Gasteiger partial charge in [-0.15, -0.1) is 0 Å². The van der Waals surface area contributed by atoms with Gasteiger partial charge in [-0.05, 0) is 18.2 Å². The second kappa shape index (κ2) is 6.19. The Morgan fingerprint density at radius 3 is 2.45 bits per heavy atom. The zero-order valence-corrected chi connectivity index (χ0v) is 12.9. The lowest BCUT2D eigenvalue weighted by molar-refractivity contribution is -0.136. The molecule has 0 aliphatic heterocycles. The van der Waals surface area contributed by atoms with Crippen molar-refractivity contribution < 1.29 is 9.90 Å². The van der Waals surface area contributed by atoms with Crippen LogP contribution in [-0.4, -0.2) is 16.1 Å². The van der Waals surface area contributed by atoms with Crippen molar-refractivity contribution in [3.8, 4) is 11.3 Å². The van der Waals surface area contributed by atoms with Crippen LogP contribution in [0.25, 0.3) is 11.3 Å². The van der Waals surface area contributed by atoms with Crippen LogP contribution in [0.15, 0.2) is 24.4 Å². The minimum absolute atomic E-state index is 0.170. The molecule has 1 aromatic carbocycles. The normalized spacial score (nSPS) is 10.6. The zero-order valence-electron chi connectivity index (χ0n) is 9.83. The molecule has 0 atom stereocenters. The number of rotatable bonds is 3. The van der Waals surface area contributed by atoms with Crippen LogP contribution in [0.1, 0.15) is 5.56 Å². The van der Waals surface area contributed by atoms with Crippen LogP contribution in [-0.2, 0) is 11.2 Å². The highest BCUT2D eigenvalue weighted by atomic mass is 35.5. The molecule has 1 heterocycles. The summed E-state index contributed by atoms with van der Waals surface area (Å²) in [6.45, 7) is 0. The number of benzene rings is 1. The Kier molecular flexibility index (Phi) is 4.76. The maximum Gasteiger partial charge on any atom is 0.307 e. The molecule has 2 aromatic rings. The van der Waals surface area contributed by atoms with Gasteiger partial charge in [-0.3, -0.25) is 9.78 Å². The molecule has 1 N–H and O–H groups in total. The monoisotopic (exact) mass is 349 g/mol. The second-order valence-electron chi connectivity index (χ2n) is 3.94. The molecular formula is C13H7Cl4NO2. The van der Waals surface area contributed by atoms with Crippen LogP contribution < -0.4 is 0 Å². The topological polar surface area (TPSA) is 50.2 Å². The summed E-state index contributed by atoms with van der Waals surface area (Å²) < 4.78 is 0. The zero-order chi connectivity index (χ0) is 14.9. The van der Waals surface area contributed by atoms with Crippen LogP contribution in [0.4, 0.5) is 0 Å². The highest BCUT2D eigenvalue weighted by molar-refractivity contribution is 6.39. The van der Waals surface area contributed by atoms with E-state index in [1.165, 1.54) is 6.20 Å². The molecule has 0 aliphatic rings. The first-order valence-corrected chi connectivity index (χ1v) is 6.91. The van der Waals surface area contributed by atoms with Gasteiger partial charge in [0.1, 0.15) is 0 Å². The van der Waals surface area contributed by atoms with E-state index >= 15 is 0 Å². The SMILES string of the molecule is O=C(O)Cc1c(Cl)cnc(-c2ccc(Cl)cc2Cl)c1Cl. The summed E-state index contributed by atoms with van der Waals surface area (Å²) in [5.41, 5.74) is 1.23. The molecule has 0 aliphatic carbocycles. The third kappa shape index (κ3) is 3.18. The molecule has 0 unspecified atom stereocenters. The van der Waals surface area contributed by atoms with Crippen LogP contribution in [0.2, 0.25) is 20.1 Å². The van der Waals surface area contributed by atoms with E-state index in [0.29, 0.717) is 26.9 Å². The average molecular weight is 351 g/mol. The molecule has 104 valence electrons. The van der Waals surface area contributed by atoms with Gasteiger partial charge in [0, 0.05) is 22.3 Å². The van der Waals surface area contributed by atoms with Gasteiger partial charge in [-0.25, -0.2) is 0 Å². The van der Waals surface area contributed by atoms with E-state index < -0.39 is 5.97 Å². The lowest BCUT2D eigenvalue weighted by Gasteiger charge is -2.11. The Hall–Kier alpha value is -1.000. The van der Waals surface area contributed by atoms with Crippen molar-refractivity contribution in [1.82, 2.24) is 4.98 Å². The average Bonchev–Trinajstić information content (AvgIpc) is 2.36. The molecule has 3 nitrogen and oxygen atoms in total. The van der Waals surface area contributed by atoms with Crippen molar-refractivity contribution in [2.24, 2.45) is 0 Å². The molecule has 0 radical (unpaired) electrons. The number of carboxylic acid groups (broad SMARTS) is 1. The summed E-state index contributed by atoms with van der Waals surface area (Å²) in [6.07, 6.45) is 1.06. The molecule has 0 amide bonds. The van der Waals surface area contributed by atoms with Crippen molar-refractivity contribution in [1.29, 1.82) is 0 Å². The maximum atomic E-state index is 10.9. The first kappa shape index (κ1) is 15.4. The summed E-state index contributed by atoms with van der Waals surface area (Å²) in [7, 11) is 0. The minimum Gasteiger partial charge on any atom is -0.481 e. The van der Waals surface area contributed by atoms with Gasteiger partial charge >= 0.3 is 5.97 Å². The first-order valence-electron chi connectivity index (χ1n) is 5.40. The Morgan fingerprint density at radius 2 is 1.85 bits per heavy atom. The number of pyridine rings is 1. The second-order valence-corrected chi connectivity index (χ2v) is 5.57. The fourth-order valence-corrected chi connectivity index (χ4v) is 2.76. The molecule has 0 spiro atoms. The van der Waals surface area contributed by atoms with Gasteiger partial charge in [-0.1, -0.05) is 46.4 Å². The van der Waals surface area contributed by atoms with E-state index in [4.69, 9.17) is 51.5 Å². The summed E-state index contributed by atoms with van der Waals surface area (Å²) in [5.74, 6) is -1.03. The fraction of sp³-hybridized carbons (Fsp3) is 0.0769. The van der Waals surface area contributed by atoms with E-state index in [-0.39, 0.29) is 16.5 Å². The summed E-state index contributed by atoms with van der Waals surface area (Å²) in [5, 5.41) is 10.1. The van der Waals surface area contributed by atoms with E-state index in [1.807, 2.05) is 0 Å². The van der Waals surface area contributed by atoms with Crippen molar-refractivity contribution in [3.05, 3.63) is 50.0 Å². The molecule has 1 aromatic heterocycles. The smallest absolute Gasteiger partial charge is 0.307 e. The predicted octanol–water partition coefficient (Wildman–Crippen LogP) is 4.99. The van der Waals surface area contributed by atoms with E-state index in [0.717, 1.165) is 0 Å². The molecule has 0 saturated carbocycles. The largest absolute Gasteiger partial charge is 0.481 e. The van der Waals surface area contributed by atoms with Gasteiger partial charge in [0.15, 0.2) is 0 Å². The van der Waals surface area contributed by atoms with Crippen molar-refractivity contribution in [3.63, 3.8) is 0 Å². The summed E-state index contributed by atoms with van der Waals surface area (Å²) in [4.78, 5) is 15.0. The molecule has 7 heteroatoms. The number of carboxylic acids is 1.